The molecule has 0 aromatic rings. The van der Waals surface area contributed by atoms with Crippen molar-refractivity contribution in [1.29, 1.82) is 0 Å². The van der Waals surface area contributed by atoms with Crippen molar-refractivity contribution >= 4 is 15.9 Å². The Morgan fingerprint density at radius 1 is 1.46 bits per heavy atom. The van der Waals surface area contributed by atoms with E-state index in [2.05, 4.69) is 15.9 Å². The zero-order valence-electron chi connectivity index (χ0n) is 8.39. The second-order valence-corrected chi connectivity index (χ2v) is 5.38. The molecule has 13 heavy (non-hydrogen) atoms. The molecule has 0 aromatic heterocycles. The van der Waals surface area contributed by atoms with Crippen LogP contribution in [-0.4, -0.2) is 19.0 Å². The van der Waals surface area contributed by atoms with Crippen molar-refractivity contribution in [3.05, 3.63) is 0 Å². The lowest BCUT2D eigenvalue weighted by Crippen LogP contribution is -2.30. The lowest BCUT2D eigenvalue weighted by molar-refractivity contribution is 0.108. The minimum absolute atomic E-state index is 0.596. The fourth-order valence-electron chi connectivity index (χ4n) is 3.40. The van der Waals surface area contributed by atoms with E-state index in [1.54, 1.807) is 0 Å². The summed E-state index contributed by atoms with van der Waals surface area (Å²) in [5.74, 6) is 2.03. The number of rotatable bonds is 4. The van der Waals surface area contributed by atoms with E-state index < -0.39 is 0 Å². The Morgan fingerprint density at radius 2 is 2.31 bits per heavy atom. The molecule has 2 heteroatoms. The van der Waals surface area contributed by atoms with E-state index in [1.807, 2.05) is 7.11 Å². The minimum atomic E-state index is 0.596. The number of fused-ring (bicyclic) bond motifs is 2. The van der Waals surface area contributed by atoms with Gasteiger partial charge in [0.2, 0.25) is 0 Å². The molecule has 0 spiro atoms. The van der Waals surface area contributed by atoms with E-state index in [4.69, 9.17) is 4.74 Å². The zero-order chi connectivity index (χ0) is 9.31. The summed E-state index contributed by atoms with van der Waals surface area (Å²) >= 11 is 3.71. The number of methoxy groups -OCH3 is 1. The molecule has 76 valence electrons. The Bertz CT molecular complexity index is 183. The van der Waals surface area contributed by atoms with Crippen LogP contribution in [0.25, 0.3) is 0 Å². The first kappa shape index (κ1) is 9.97. The Morgan fingerprint density at radius 3 is 2.77 bits per heavy atom. The van der Waals surface area contributed by atoms with E-state index in [0.717, 1.165) is 18.4 Å². The summed E-state index contributed by atoms with van der Waals surface area (Å²) in [6, 6.07) is 0. The Labute approximate surface area is 89.4 Å². The second kappa shape index (κ2) is 3.90. The Hall–Kier alpha value is 0.440. The molecule has 2 saturated carbocycles. The topological polar surface area (TPSA) is 9.23 Å². The van der Waals surface area contributed by atoms with Gasteiger partial charge in [-0.3, -0.25) is 0 Å². The monoisotopic (exact) mass is 246 g/mol. The van der Waals surface area contributed by atoms with Gasteiger partial charge in [-0.25, -0.2) is 0 Å². The maximum atomic E-state index is 5.22. The highest BCUT2D eigenvalue weighted by Gasteiger charge is 2.49. The molecule has 3 atom stereocenters. The predicted octanol–water partition coefficient (Wildman–Crippen LogP) is 3.22. The molecular weight excluding hydrogens is 228 g/mol. The predicted molar refractivity (Wildman–Crippen MR) is 58.2 cm³/mol. The lowest BCUT2D eigenvalue weighted by atomic mass is 9.72. The van der Waals surface area contributed by atoms with Crippen molar-refractivity contribution in [2.45, 2.75) is 32.1 Å². The summed E-state index contributed by atoms with van der Waals surface area (Å²) in [5.41, 5.74) is 0.596. The molecule has 2 rings (SSSR count). The molecule has 0 radical (unpaired) electrons. The summed E-state index contributed by atoms with van der Waals surface area (Å²) in [4.78, 5) is 0. The SMILES string of the molecule is COCCC1(CBr)CC2CCC1C2. The van der Waals surface area contributed by atoms with Gasteiger partial charge in [-0.2, -0.15) is 0 Å². The average molecular weight is 247 g/mol. The maximum Gasteiger partial charge on any atom is 0.0467 e. The van der Waals surface area contributed by atoms with Gasteiger partial charge in [-0.15, -0.1) is 0 Å². The van der Waals surface area contributed by atoms with Crippen LogP contribution in [0.2, 0.25) is 0 Å². The number of halogens is 1. The van der Waals surface area contributed by atoms with Gasteiger partial charge < -0.3 is 4.74 Å². The van der Waals surface area contributed by atoms with E-state index in [-0.39, 0.29) is 0 Å². The van der Waals surface area contributed by atoms with Crippen LogP contribution in [0.15, 0.2) is 0 Å². The van der Waals surface area contributed by atoms with Crippen LogP contribution in [-0.2, 0) is 4.74 Å². The molecular formula is C11H19BrO. The molecule has 2 aliphatic rings. The van der Waals surface area contributed by atoms with Gasteiger partial charge in [0.05, 0.1) is 0 Å². The summed E-state index contributed by atoms with van der Waals surface area (Å²) in [6.07, 6.45) is 7.17. The van der Waals surface area contributed by atoms with Crippen LogP contribution < -0.4 is 0 Å². The zero-order valence-corrected chi connectivity index (χ0v) is 9.98. The lowest BCUT2D eigenvalue weighted by Gasteiger charge is -2.36. The van der Waals surface area contributed by atoms with Crippen LogP contribution in [0, 0.1) is 17.3 Å². The highest BCUT2D eigenvalue weighted by molar-refractivity contribution is 9.09. The number of hydrogen-bond acceptors (Lipinski definition) is 1. The standard InChI is InChI=1S/C11H19BrO/c1-13-5-4-11(8-12)7-9-2-3-10(11)6-9/h9-10H,2-8H2,1H3. The van der Waals surface area contributed by atoms with Gasteiger partial charge in [0, 0.05) is 19.0 Å². The molecule has 3 unspecified atom stereocenters. The van der Waals surface area contributed by atoms with Gasteiger partial charge in [0.15, 0.2) is 0 Å². The van der Waals surface area contributed by atoms with Crippen molar-refractivity contribution in [3.63, 3.8) is 0 Å². The fraction of sp³-hybridized carbons (Fsp3) is 1.00. The average Bonchev–Trinajstić information content (AvgIpc) is 2.74. The van der Waals surface area contributed by atoms with Crippen LogP contribution in [0.3, 0.4) is 0 Å². The Kier molecular flexibility index (Phi) is 2.99. The van der Waals surface area contributed by atoms with Crippen molar-refractivity contribution in [1.82, 2.24) is 0 Å². The third-order valence-electron chi connectivity index (χ3n) is 4.17. The normalized spacial score (nSPS) is 42.9. The van der Waals surface area contributed by atoms with E-state index in [1.165, 1.54) is 37.4 Å². The first-order valence-corrected chi connectivity index (χ1v) is 6.48. The van der Waals surface area contributed by atoms with Crippen LogP contribution in [0.1, 0.15) is 32.1 Å². The van der Waals surface area contributed by atoms with Crippen LogP contribution in [0.4, 0.5) is 0 Å². The molecule has 2 aliphatic carbocycles. The third-order valence-corrected chi connectivity index (χ3v) is 5.29. The quantitative estimate of drug-likeness (QED) is 0.693. The molecule has 0 saturated heterocycles. The summed E-state index contributed by atoms with van der Waals surface area (Å²) in [7, 11) is 1.81. The Balaban J connectivity index is 1.99. The molecule has 0 aromatic carbocycles. The van der Waals surface area contributed by atoms with Gasteiger partial charge in [0.25, 0.3) is 0 Å². The highest BCUT2D eigenvalue weighted by Crippen LogP contribution is 2.58. The molecule has 1 nitrogen and oxygen atoms in total. The van der Waals surface area contributed by atoms with Crippen LogP contribution in [0.5, 0.6) is 0 Å². The van der Waals surface area contributed by atoms with Crippen molar-refractivity contribution in [3.8, 4) is 0 Å². The van der Waals surface area contributed by atoms with Gasteiger partial charge in [0.1, 0.15) is 0 Å². The fourth-order valence-corrected chi connectivity index (χ4v) is 4.37. The first-order chi connectivity index (χ1) is 6.30. The van der Waals surface area contributed by atoms with E-state index in [0.29, 0.717) is 5.41 Å². The maximum absolute atomic E-state index is 5.22. The van der Waals surface area contributed by atoms with E-state index >= 15 is 0 Å². The minimum Gasteiger partial charge on any atom is -0.385 e. The second-order valence-electron chi connectivity index (χ2n) is 4.82. The molecule has 0 amide bonds. The van der Waals surface area contributed by atoms with Crippen molar-refractivity contribution < 1.29 is 4.74 Å². The van der Waals surface area contributed by atoms with Crippen molar-refractivity contribution in [2.75, 3.05) is 19.0 Å². The van der Waals surface area contributed by atoms with Gasteiger partial charge in [-0.1, -0.05) is 22.4 Å². The number of hydrogen-bond donors (Lipinski definition) is 0. The summed E-state index contributed by atoms with van der Waals surface area (Å²) < 4.78 is 5.22. The molecule has 0 N–H and O–H groups in total. The number of alkyl halides is 1. The highest BCUT2D eigenvalue weighted by atomic mass is 79.9. The van der Waals surface area contributed by atoms with Gasteiger partial charge >= 0.3 is 0 Å². The first-order valence-electron chi connectivity index (χ1n) is 5.35. The molecule has 0 aliphatic heterocycles. The smallest absolute Gasteiger partial charge is 0.0467 e. The molecule has 2 bridgehead atoms. The summed E-state index contributed by atoms with van der Waals surface area (Å²) in [6.45, 7) is 0.939. The summed E-state index contributed by atoms with van der Waals surface area (Å²) in [5, 5.41) is 1.19. The third kappa shape index (κ3) is 1.68. The van der Waals surface area contributed by atoms with E-state index in [9.17, 15) is 0 Å². The van der Waals surface area contributed by atoms with Crippen LogP contribution >= 0.6 is 15.9 Å². The largest absolute Gasteiger partial charge is 0.385 e. The van der Waals surface area contributed by atoms with Gasteiger partial charge in [-0.05, 0) is 42.9 Å². The molecule has 2 fully saturated rings. The number of ether oxygens (including phenoxy) is 1. The van der Waals surface area contributed by atoms with Crippen molar-refractivity contribution in [2.24, 2.45) is 17.3 Å². The molecule has 0 heterocycles.